The van der Waals surface area contributed by atoms with Crippen molar-refractivity contribution in [3.05, 3.63) is 12.4 Å². The maximum absolute atomic E-state index is 8.68. The monoisotopic (exact) mass is 196 g/mol. The molecule has 1 aliphatic rings. The Morgan fingerprint density at radius 2 is 2.29 bits per heavy atom. The summed E-state index contributed by atoms with van der Waals surface area (Å²) in [5, 5.41) is 8.68. The lowest BCUT2D eigenvalue weighted by molar-refractivity contribution is 0.274. The molecular formula is C11H20N2O. The largest absolute Gasteiger partial charge is 0.396 e. The highest BCUT2D eigenvalue weighted by molar-refractivity contribution is 5.89. The molecule has 1 heterocycles. The van der Waals surface area contributed by atoms with Gasteiger partial charge in [-0.3, -0.25) is 4.99 Å². The molecule has 0 saturated heterocycles. The third-order valence-corrected chi connectivity index (χ3v) is 2.40. The summed E-state index contributed by atoms with van der Waals surface area (Å²) < 4.78 is 0. The van der Waals surface area contributed by atoms with Gasteiger partial charge in [-0.25, -0.2) is 0 Å². The van der Waals surface area contributed by atoms with E-state index < -0.39 is 0 Å². The molecule has 0 unspecified atom stereocenters. The van der Waals surface area contributed by atoms with Gasteiger partial charge in [-0.2, -0.15) is 0 Å². The predicted molar refractivity (Wildman–Crippen MR) is 59.3 cm³/mol. The second-order valence-corrected chi connectivity index (χ2v) is 3.97. The van der Waals surface area contributed by atoms with E-state index in [1.165, 1.54) is 5.71 Å². The Labute approximate surface area is 86.1 Å². The molecule has 0 saturated carbocycles. The molecule has 0 aromatic heterocycles. The summed E-state index contributed by atoms with van der Waals surface area (Å²) in [5.74, 6) is 0.528. The zero-order chi connectivity index (χ0) is 10.4. The number of unbranched alkanes of at least 4 members (excludes halogenated alkanes) is 1. The molecule has 1 rings (SSSR count). The van der Waals surface area contributed by atoms with Gasteiger partial charge in [-0.1, -0.05) is 13.8 Å². The molecule has 0 bridgehead atoms. The average Bonchev–Trinajstić information content (AvgIpc) is 2.19. The minimum atomic E-state index is 0.294. The lowest BCUT2D eigenvalue weighted by Gasteiger charge is -2.25. The molecule has 3 heteroatoms. The molecule has 0 spiro atoms. The van der Waals surface area contributed by atoms with Crippen LogP contribution in [0.15, 0.2) is 17.4 Å². The Morgan fingerprint density at radius 1 is 1.50 bits per heavy atom. The van der Waals surface area contributed by atoms with Crippen molar-refractivity contribution in [2.24, 2.45) is 10.9 Å². The van der Waals surface area contributed by atoms with Gasteiger partial charge in [0, 0.05) is 31.3 Å². The molecule has 1 N–H and O–H groups in total. The molecule has 0 amide bonds. The molecule has 0 atom stereocenters. The Morgan fingerprint density at radius 3 is 2.93 bits per heavy atom. The summed E-state index contributed by atoms with van der Waals surface area (Å²) in [6, 6.07) is 0. The minimum absolute atomic E-state index is 0.294. The van der Waals surface area contributed by atoms with Gasteiger partial charge >= 0.3 is 0 Å². The summed E-state index contributed by atoms with van der Waals surface area (Å²) in [4.78, 5) is 6.61. The van der Waals surface area contributed by atoms with Crippen molar-refractivity contribution < 1.29 is 5.11 Å². The van der Waals surface area contributed by atoms with Crippen LogP contribution in [-0.4, -0.2) is 35.4 Å². The van der Waals surface area contributed by atoms with E-state index in [4.69, 9.17) is 5.11 Å². The second-order valence-electron chi connectivity index (χ2n) is 3.97. The second kappa shape index (κ2) is 5.81. The van der Waals surface area contributed by atoms with Gasteiger partial charge in [-0.15, -0.1) is 0 Å². The van der Waals surface area contributed by atoms with E-state index in [1.807, 2.05) is 12.4 Å². The fraction of sp³-hybridized carbons (Fsp3) is 0.727. The lowest BCUT2D eigenvalue weighted by atomic mass is 10.1. The molecule has 0 aromatic rings. The first-order valence-corrected chi connectivity index (χ1v) is 5.32. The number of aliphatic imine (C=N–C) groups is 1. The van der Waals surface area contributed by atoms with Crippen molar-refractivity contribution >= 4 is 5.71 Å². The van der Waals surface area contributed by atoms with E-state index in [0.29, 0.717) is 12.5 Å². The normalized spacial score (nSPS) is 16.3. The number of hydrogen-bond donors (Lipinski definition) is 1. The Bertz CT molecular complexity index is 221. The third kappa shape index (κ3) is 3.50. The van der Waals surface area contributed by atoms with Gasteiger partial charge in [0.25, 0.3) is 0 Å². The fourth-order valence-corrected chi connectivity index (χ4v) is 1.44. The quantitative estimate of drug-likeness (QED) is 0.679. The molecule has 3 nitrogen and oxygen atoms in total. The van der Waals surface area contributed by atoms with E-state index in [9.17, 15) is 0 Å². The predicted octanol–water partition coefficient (Wildman–Crippen LogP) is 1.64. The summed E-state index contributed by atoms with van der Waals surface area (Å²) in [5.41, 5.74) is 1.25. The van der Waals surface area contributed by atoms with Crippen molar-refractivity contribution in [3.8, 4) is 0 Å². The van der Waals surface area contributed by atoms with E-state index >= 15 is 0 Å². The maximum atomic E-state index is 8.68. The molecular weight excluding hydrogens is 176 g/mol. The SMILES string of the molecule is CC(C)C1=NC=CN(CCCCO)C1. The highest BCUT2D eigenvalue weighted by Gasteiger charge is 2.11. The zero-order valence-corrected chi connectivity index (χ0v) is 9.11. The van der Waals surface area contributed by atoms with Crippen LogP contribution in [0.4, 0.5) is 0 Å². The number of nitrogens with zero attached hydrogens (tertiary/aromatic N) is 2. The first-order chi connectivity index (χ1) is 6.74. The van der Waals surface area contributed by atoms with Crippen molar-refractivity contribution in [1.82, 2.24) is 4.90 Å². The van der Waals surface area contributed by atoms with Gasteiger partial charge in [0.1, 0.15) is 0 Å². The van der Waals surface area contributed by atoms with Crippen LogP contribution in [0.1, 0.15) is 26.7 Å². The van der Waals surface area contributed by atoms with Crippen molar-refractivity contribution in [3.63, 3.8) is 0 Å². The van der Waals surface area contributed by atoms with Crippen LogP contribution < -0.4 is 0 Å². The smallest absolute Gasteiger partial charge is 0.0560 e. The lowest BCUT2D eigenvalue weighted by Crippen LogP contribution is -2.30. The fourth-order valence-electron chi connectivity index (χ4n) is 1.44. The number of aliphatic hydroxyl groups is 1. The molecule has 0 fully saturated rings. The Kier molecular flexibility index (Phi) is 4.66. The van der Waals surface area contributed by atoms with Crippen LogP contribution in [0.5, 0.6) is 0 Å². The Hall–Kier alpha value is -0.830. The van der Waals surface area contributed by atoms with Crippen molar-refractivity contribution in [1.29, 1.82) is 0 Å². The highest BCUT2D eigenvalue weighted by Crippen LogP contribution is 2.07. The van der Waals surface area contributed by atoms with Crippen LogP contribution in [-0.2, 0) is 0 Å². The summed E-state index contributed by atoms with van der Waals surface area (Å²) in [6.07, 6.45) is 5.84. The number of hydrogen-bond acceptors (Lipinski definition) is 3. The summed E-state index contributed by atoms with van der Waals surface area (Å²) >= 11 is 0. The number of rotatable bonds is 5. The van der Waals surface area contributed by atoms with Gasteiger partial charge < -0.3 is 10.0 Å². The Balaban J connectivity index is 2.31. The van der Waals surface area contributed by atoms with Crippen LogP contribution in [0.2, 0.25) is 0 Å². The zero-order valence-electron chi connectivity index (χ0n) is 9.11. The van der Waals surface area contributed by atoms with Gasteiger partial charge in [0.15, 0.2) is 0 Å². The molecule has 1 aliphatic heterocycles. The molecule has 14 heavy (non-hydrogen) atoms. The van der Waals surface area contributed by atoms with Crippen molar-refractivity contribution in [2.45, 2.75) is 26.7 Å². The molecule has 0 aromatic carbocycles. The van der Waals surface area contributed by atoms with E-state index in [2.05, 4.69) is 23.7 Å². The summed E-state index contributed by atoms with van der Waals surface area (Å²) in [6.45, 7) is 6.60. The average molecular weight is 196 g/mol. The van der Waals surface area contributed by atoms with Gasteiger partial charge in [0.05, 0.1) is 6.54 Å². The van der Waals surface area contributed by atoms with E-state index in [0.717, 1.165) is 25.9 Å². The third-order valence-electron chi connectivity index (χ3n) is 2.40. The molecule has 80 valence electrons. The standard InChI is InChI=1S/C11H20N2O/c1-10(2)11-9-13(7-5-12-11)6-3-4-8-14/h5,7,10,14H,3-4,6,8-9H2,1-2H3. The van der Waals surface area contributed by atoms with Crippen LogP contribution >= 0.6 is 0 Å². The maximum Gasteiger partial charge on any atom is 0.0560 e. The van der Waals surface area contributed by atoms with Crippen molar-refractivity contribution in [2.75, 3.05) is 19.7 Å². The molecule has 0 aliphatic carbocycles. The van der Waals surface area contributed by atoms with Crippen LogP contribution in [0.25, 0.3) is 0 Å². The van der Waals surface area contributed by atoms with E-state index in [1.54, 1.807) is 0 Å². The van der Waals surface area contributed by atoms with E-state index in [-0.39, 0.29) is 0 Å². The number of aliphatic hydroxyl groups excluding tert-OH is 1. The van der Waals surface area contributed by atoms with Gasteiger partial charge in [-0.05, 0) is 18.8 Å². The van der Waals surface area contributed by atoms with Crippen LogP contribution in [0, 0.1) is 5.92 Å². The van der Waals surface area contributed by atoms with Gasteiger partial charge in [0.2, 0.25) is 0 Å². The minimum Gasteiger partial charge on any atom is -0.396 e. The topological polar surface area (TPSA) is 35.8 Å². The molecule has 0 radical (unpaired) electrons. The first kappa shape index (κ1) is 11.2. The highest BCUT2D eigenvalue weighted by atomic mass is 16.2. The summed E-state index contributed by atoms with van der Waals surface area (Å²) in [7, 11) is 0. The van der Waals surface area contributed by atoms with Crippen LogP contribution in [0.3, 0.4) is 0 Å². The first-order valence-electron chi connectivity index (χ1n) is 5.32.